The molecule has 0 aliphatic carbocycles. The normalized spacial score (nSPS) is 19.5. The average Bonchev–Trinajstić information content (AvgIpc) is 2.93. The molecule has 3 rings (SSSR count). The average molecular weight is 358 g/mol. The van der Waals surface area contributed by atoms with E-state index in [-0.39, 0.29) is 0 Å². The largest absolute Gasteiger partial charge is 0.398 e. The number of aromatic nitrogens is 2. The summed E-state index contributed by atoms with van der Waals surface area (Å²) in [5, 5.41) is 4.43. The predicted molar refractivity (Wildman–Crippen MR) is 84.4 cm³/mol. The van der Waals surface area contributed by atoms with Gasteiger partial charge >= 0.3 is 0 Å². The third-order valence-corrected chi connectivity index (χ3v) is 6.26. The van der Waals surface area contributed by atoms with Crippen molar-refractivity contribution in [1.82, 2.24) is 10.1 Å². The molecule has 2 N–H and O–H groups in total. The number of nitrogens with zero attached hydrogens (tertiary/aromatic N) is 2. The van der Waals surface area contributed by atoms with Crippen LogP contribution >= 0.6 is 39.5 Å². The Balaban J connectivity index is 1.85. The first-order chi connectivity index (χ1) is 9.24. The van der Waals surface area contributed by atoms with Crippen LogP contribution in [0.4, 0.5) is 5.69 Å². The smallest absolute Gasteiger partial charge is 0.258 e. The van der Waals surface area contributed by atoms with Crippen LogP contribution in [0.25, 0.3) is 11.5 Å². The molecule has 7 heteroatoms. The Labute approximate surface area is 128 Å². The molecular weight excluding hydrogens is 346 g/mol. The monoisotopic (exact) mass is 357 g/mol. The molecule has 1 aromatic carbocycles. The standard InChI is InChI=1S/C12H12BrN3OS2/c13-8-2-1-7(5-9(8)14)12-15-11(16-17-12)10-6-18-3-4-19-10/h1-2,5,10H,3-4,6,14H2. The van der Waals surface area contributed by atoms with Gasteiger partial charge in [-0.05, 0) is 34.1 Å². The molecule has 19 heavy (non-hydrogen) atoms. The minimum Gasteiger partial charge on any atom is -0.398 e. The lowest BCUT2D eigenvalue weighted by Gasteiger charge is -2.16. The second-order valence-electron chi connectivity index (χ2n) is 4.13. The van der Waals surface area contributed by atoms with Gasteiger partial charge in [-0.25, -0.2) is 0 Å². The van der Waals surface area contributed by atoms with Crippen LogP contribution in [0, 0.1) is 0 Å². The Morgan fingerprint density at radius 1 is 1.37 bits per heavy atom. The summed E-state index contributed by atoms with van der Waals surface area (Å²) in [4.78, 5) is 4.49. The van der Waals surface area contributed by atoms with Crippen molar-refractivity contribution >= 4 is 45.1 Å². The number of anilines is 1. The van der Waals surface area contributed by atoms with Crippen LogP contribution < -0.4 is 5.73 Å². The molecular formula is C12H12BrN3OS2. The lowest BCUT2D eigenvalue weighted by molar-refractivity contribution is 0.423. The van der Waals surface area contributed by atoms with Gasteiger partial charge in [-0.15, -0.1) is 11.8 Å². The van der Waals surface area contributed by atoms with E-state index in [0.717, 1.165) is 27.4 Å². The molecule has 2 aromatic rings. The first kappa shape index (κ1) is 13.3. The van der Waals surface area contributed by atoms with Crippen LogP contribution in [-0.2, 0) is 0 Å². The van der Waals surface area contributed by atoms with Crippen molar-refractivity contribution in [2.75, 3.05) is 23.0 Å². The van der Waals surface area contributed by atoms with Crippen molar-refractivity contribution in [2.45, 2.75) is 5.25 Å². The first-order valence-electron chi connectivity index (χ1n) is 5.82. The highest BCUT2D eigenvalue weighted by Crippen LogP contribution is 2.36. The highest BCUT2D eigenvalue weighted by Gasteiger charge is 2.22. The molecule has 0 radical (unpaired) electrons. The molecule has 1 saturated heterocycles. The van der Waals surface area contributed by atoms with E-state index in [0.29, 0.717) is 16.8 Å². The molecule has 1 atom stereocenters. The van der Waals surface area contributed by atoms with Gasteiger partial charge in [-0.3, -0.25) is 0 Å². The molecule has 0 amide bonds. The van der Waals surface area contributed by atoms with E-state index >= 15 is 0 Å². The van der Waals surface area contributed by atoms with E-state index in [1.54, 1.807) is 0 Å². The predicted octanol–water partition coefficient (Wildman–Crippen LogP) is 3.60. The lowest BCUT2D eigenvalue weighted by Crippen LogP contribution is -2.07. The van der Waals surface area contributed by atoms with E-state index in [4.69, 9.17) is 10.3 Å². The van der Waals surface area contributed by atoms with Gasteiger partial charge in [-0.1, -0.05) is 5.16 Å². The maximum Gasteiger partial charge on any atom is 0.258 e. The molecule has 1 aliphatic rings. The fourth-order valence-corrected chi connectivity index (χ4v) is 4.63. The number of benzene rings is 1. The number of nitrogen functional groups attached to an aromatic ring is 1. The lowest BCUT2D eigenvalue weighted by atomic mass is 10.2. The number of halogens is 1. The number of hydrogen-bond acceptors (Lipinski definition) is 6. The highest BCUT2D eigenvalue weighted by molar-refractivity contribution is 9.10. The summed E-state index contributed by atoms with van der Waals surface area (Å²) in [5.41, 5.74) is 7.38. The Morgan fingerprint density at radius 3 is 3.00 bits per heavy atom. The zero-order chi connectivity index (χ0) is 13.2. The zero-order valence-electron chi connectivity index (χ0n) is 10.0. The third kappa shape index (κ3) is 2.93. The summed E-state index contributed by atoms with van der Waals surface area (Å²) in [7, 11) is 0. The summed E-state index contributed by atoms with van der Waals surface area (Å²) >= 11 is 7.20. The Hall–Kier alpha value is -0.660. The number of thioether (sulfide) groups is 2. The second-order valence-corrected chi connectivity index (χ2v) is 7.44. The fourth-order valence-electron chi connectivity index (χ4n) is 1.80. The zero-order valence-corrected chi connectivity index (χ0v) is 13.2. The van der Waals surface area contributed by atoms with Gasteiger partial charge in [0.05, 0.1) is 5.25 Å². The van der Waals surface area contributed by atoms with Gasteiger partial charge < -0.3 is 10.3 Å². The van der Waals surface area contributed by atoms with Crippen LogP contribution in [0.1, 0.15) is 11.1 Å². The molecule has 1 unspecified atom stereocenters. The van der Waals surface area contributed by atoms with Gasteiger partial charge in [-0.2, -0.15) is 16.7 Å². The summed E-state index contributed by atoms with van der Waals surface area (Å²) < 4.78 is 6.21. The maximum atomic E-state index is 5.86. The highest BCUT2D eigenvalue weighted by atomic mass is 79.9. The molecule has 1 fully saturated rings. The Morgan fingerprint density at radius 2 is 2.26 bits per heavy atom. The molecule has 1 aromatic heterocycles. The summed E-state index contributed by atoms with van der Waals surface area (Å²) in [5.74, 6) is 4.71. The van der Waals surface area contributed by atoms with E-state index in [2.05, 4.69) is 26.1 Å². The third-order valence-electron chi connectivity index (χ3n) is 2.79. The van der Waals surface area contributed by atoms with Crippen molar-refractivity contribution in [3.63, 3.8) is 0 Å². The van der Waals surface area contributed by atoms with Crippen molar-refractivity contribution in [2.24, 2.45) is 0 Å². The van der Waals surface area contributed by atoms with Gasteiger partial charge in [0.25, 0.3) is 5.89 Å². The SMILES string of the molecule is Nc1cc(-c2nc(C3CSCCS3)no2)ccc1Br. The van der Waals surface area contributed by atoms with Crippen molar-refractivity contribution in [3.05, 3.63) is 28.5 Å². The minimum atomic E-state index is 0.337. The maximum absolute atomic E-state index is 5.86. The minimum absolute atomic E-state index is 0.337. The topological polar surface area (TPSA) is 64.9 Å². The van der Waals surface area contributed by atoms with Gasteiger partial charge in [0, 0.05) is 33.0 Å². The summed E-state index contributed by atoms with van der Waals surface area (Å²) in [6.07, 6.45) is 0. The number of rotatable bonds is 2. The molecule has 100 valence electrons. The molecule has 1 aliphatic heterocycles. The van der Waals surface area contributed by atoms with Crippen LogP contribution in [0.2, 0.25) is 0 Å². The molecule has 0 saturated carbocycles. The first-order valence-corrected chi connectivity index (χ1v) is 8.82. The fraction of sp³-hybridized carbons (Fsp3) is 0.333. The summed E-state index contributed by atoms with van der Waals surface area (Å²) in [6.45, 7) is 0. The van der Waals surface area contributed by atoms with Crippen LogP contribution in [0.3, 0.4) is 0 Å². The summed E-state index contributed by atoms with van der Waals surface area (Å²) in [6, 6.07) is 5.64. The molecule has 4 nitrogen and oxygen atoms in total. The van der Waals surface area contributed by atoms with Gasteiger partial charge in [0.1, 0.15) is 0 Å². The molecule has 0 spiro atoms. The Kier molecular flexibility index (Phi) is 4.04. The van der Waals surface area contributed by atoms with E-state index in [1.807, 2.05) is 41.7 Å². The van der Waals surface area contributed by atoms with E-state index < -0.39 is 0 Å². The van der Waals surface area contributed by atoms with Crippen molar-refractivity contribution < 1.29 is 4.52 Å². The van der Waals surface area contributed by atoms with Crippen LogP contribution in [-0.4, -0.2) is 27.4 Å². The Bertz CT molecular complexity index is 584. The van der Waals surface area contributed by atoms with Crippen molar-refractivity contribution in [3.8, 4) is 11.5 Å². The van der Waals surface area contributed by atoms with Gasteiger partial charge in [0.2, 0.25) is 0 Å². The van der Waals surface area contributed by atoms with E-state index in [1.165, 1.54) is 5.75 Å². The quantitative estimate of drug-likeness (QED) is 0.828. The number of nitrogens with two attached hydrogens (primary N) is 1. The number of hydrogen-bond donors (Lipinski definition) is 1. The molecule has 2 heterocycles. The molecule has 0 bridgehead atoms. The second kappa shape index (κ2) is 5.76. The van der Waals surface area contributed by atoms with Crippen LogP contribution in [0.5, 0.6) is 0 Å². The van der Waals surface area contributed by atoms with Gasteiger partial charge in [0.15, 0.2) is 5.82 Å². The van der Waals surface area contributed by atoms with Crippen molar-refractivity contribution in [1.29, 1.82) is 0 Å². The van der Waals surface area contributed by atoms with E-state index in [9.17, 15) is 0 Å². The van der Waals surface area contributed by atoms with Crippen LogP contribution in [0.15, 0.2) is 27.2 Å².